The summed E-state index contributed by atoms with van der Waals surface area (Å²) in [6, 6.07) is 4.32. The van der Waals surface area contributed by atoms with Gasteiger partial charge >= 0.3 is 0 Å². The van der Waals surface area contributed by atoms with Crippen molar-refractivity contribution in [3.63, 3.8) is 0 Å². The molecule has 1 aromatic rings. The Morgan fingerprint density at radius 3 is 2.94 bits per heavy atom. The largest absolute Gasteiger partial charge is 0.366 e. The van der Waals surface area contributed by atoms with E-state index in [1.54, 1.807) is 6.07 Å². The number of hydrogen-bond acceptors (Lipinski definition) is 2. The normalized spacial score (nSPS) is 20.9. The smallest absolute Gasteiger partial charge is 0.248 e. The Balaban J connectivity index is 2.28. The Bertz CT molecular complexity index is 412. The van der Waals surface area contributed by atoms with Gasteiger partial charge in [0.15, 0.2) is 0 Å². The maximum absolute atomic E-state index is 13.8. The van der Waals surface area contributed by atoms with Crippen molar-refractivity contribution in [2.75, 3.05) is 6.54 Å². The van der Waals surface area contributed by atoms with Gasteiger partial charge < -0.3 is 11.1 Å². The van der Waals surface area contributed by atoms with Gasteiger partial charge in [-0.05, 0) is 37.6 Å². The minimum atomic E-state index is -0.514. The molecule has 2 rings (SSSR count). The lowest BCUT2D eigenvalue weighted by Gasteiger charge is -2.17. The monoisotopic (exact) mass is 236 g/mol. The summed E-state index contributed by atoms with van der Waals surface area (Å²) in [4.78, 5) is 11.1. The summed E-state index contributed by atoms with van der Waals surface area (Å²) < 4.78 is 13.8. The molecule has 1 saturated heterocycles. The third kappa shape index (κ3) is 2.82. The number of carbonyl (C=O) groups is 1. The van der Waals surface area contributed by atoms with Gasteiger partial charge in [0.2, 0.25) is 5.91 Å². The van der Waals surface area contributed by atoms with Crippen molar-refractivity contribution in [2.45, 2.75) is 31.7 Å². The van der Waals surface area contributed by atoms with E-state index in [0.29, 0.717) is 11.1 Å². The fraction of sp³-hybridized carbons (Fsp3) is 0.462. The number of primary amides is 1. The molecule has 0 bridgehead atoms. The standard InChI is InChI=1S/C13H17FN2O/c14-11-6-5-9(13(15)17)8-10(11)12-4-2-1-3-7-16-12/h5-6,8,12,16H,1-4,7H2,(H2,15,17). The van der Waals surface area contributed by atoms with Gasteiger partial charge in [0, 0.05) is 17.2 Å². The molecule has 4 heteroatoms. The van der Waals surface area contributed by atoms with Gasteiger partial charge in [-0.25, -0.2) is 4.39 Å². The average molecular weight is 236 g/mol. The van der Waals surface area contributed by atoms with Crippen molar-refractivity contribution >= 4 is 5.91 Å². The van der Waals surface area contributed by atoms with Crippen LogP contribution in [-0.4, -0.2) is 12.5 Å². The number of hydrogen-bond donors (Lipinski definition) is 2. The molecule has 1 aliphatic rings. The Morgan fingerprint density at radius 2 is 2.18 bits per heavy atom. The minimum absolute atomic E-state index is 0.00296. The van der Waals surface area contributed by atoms with Crippen LogP contribution in [0.5, 0.6) is 0 Å². The van der Waals surface area contributed by atoms with E-state index in [4.69, 9.17) is 5.73 Å². The highest BCUT2D eigenvalue weighted by molar-refractivity contribution is 5.92. The molecule has 3 N–H and O–H groups in total. The molecule has 1 atom stereocenters. The van der Waals surface area contributed by atoms with Gasteiger partial charge in [-0.3, -0.25) is 4.79 Å². The lowest BCUT2D eigenvalue weighted by Crippen LogP contribution is -2.22. The summed E-state index contributed by atoms with van der Waals surface area (Å²) in [5, 5.41) is 3.31. The van der Waals surface area contributed by atoms with Crippen molar-refractivity contribution in [3.8, 4) is 0 Å². The second kappa shape index (κ2) is 5.27. The van der Waals surface area contributed by atoms with Gasteiger partial charge in [-0.1, -0.05) is 12.8 Å². The van der Waals surface area contributed by atoms with Crippen molar-refractivity contribution in [1.82, 2.24) is 5.32 Å². The molecule has 17 heavy (non-hydrogen) atoms. The van der Waals surface area contributed by atoms with E-state index < -0.39 is 5.91 Å². The van der Waals surface area contributed by atoms with E-state index in [9.17, 15) is 9.18 Å². The third-order valence-corrected chi connectivity index (χ3v) is 3.22. The second-order valence-electron chi connectivity index (χ2n) is 4.46. The van der Waals surface area contributed by atoms with Gasteiger partial charge in [-0.2, -0.15) is 0 Å². The summed E-state index contributed by atoms with van der Waals surface area (Å²) in [7, 11) is 0. The third-order valence-electron chi connectivity index (χ3n) is 3.22. The number of nitrogens with two attached hydrogens (primary N) is 1. The Morgan fingerprint density at radius 1 is 1.35 bits per heavy atom. The van der Waals surface area contributed by atoms with Crippen molar-refractivity contribution in [2.24, 2.45) is 5.73 Å². The fourth-order valence-electron chi connectivity index (χ4n) is 2.26. The van der Waals surface area contributed by atoms with Gasteiger partial charge in [0.1, 0.15) is 5.82 Å². The Labute approximate surface area is 100 Å². The second-order valence-corrected chi connectivity index (χ2v) is 4.46. The van der Waals surface area contributed by atoms with Gasteiger partial charge in [0.25, 0.3) is 0 Å². The first-order chi connectivity index (χ1) is 8.18. The molecule has 0 spiro atoms. The molecule has 92 valence electrons. The molecule has 1 amide bonds. The summed E-state index contributed by atoms with van der Waals surface area (Å²) in [6.45, 7) is 0.894. The summed E-state index contributed by atoms with van der Waals surface area (Å²) >= 11 is 0. The number of carbonyl (C=O) groups excluding carboxylic acids is 1. The number of halogens is 1. The molecule has 1 aromatic carbocycles. The molecule has 1 fully saturated rings. The molecule has 0 radical (unpaired) electrons. The lowest BCUT2D eigenvalue weighted by atomic mass is 9.99. The van der Waals surface area contributed by atoms with E-state index in [2.05, 4.69) is 5.32 Å². The molecular formula is C13H17FN2O. The SMILES string of the molecule is NC(=O)c1ccc(F)c(C2CCCCCN2)c1. The zero-order valence-corrected chi connectivity index (χ0v) is 9.71. The van der Waals surface area contributed by atoms with Crippen LogP contribution in [0.4, 0.5) is 4.39 Å². The average Bonchev–Trinajstić information content (AvgIpc) is 2.58. The molecule has 1 aliphatic heterocycles. The van der Waals surface area contributed by atoms with Crippen LogP contribution in [-0.2, 0) is 0 Å². The van der Waals surface area contributed by atoms with Crippen LogP contribution in [0.3, 0.4) is 0 Å². The highest BCUT2D eigenvalue weighted by Gasteiger charge is 2.18. The number of benzene rings is 1. The number of nitrogens with one attached hydrogen (secondary N) is 1. The Kier molecular flexibility index (Phi) is 3.74. The first kappa shape index (κ1) is 12.0. The number of amides is 1. The van der Waals surface area contributed by atoms with Gasteiger partial charge in [-0.15, -0.1) is 0 Å². The number of rotatable bonds is 2. The first-order valence-corrected chi connectivity index (χ1v) is 6.01. The van der Waals surface area contributed by atoms with E-state index in [1.165, 1.54) is 18.6 Å². The predicted molar refractivity (Wildman–Crippen MR) is 64.1 cm³/mol. The molecule has 0 saturated carbocycles. The van der Waals surface area contributed by atoms with Crippen molar-refractivity contribution in [3.05, 3.63) is 35.1 Å². The van der Waals surface area contributed by atoms with Crippen LogP contribution >= 0.6 is 0 Å². The molecule has 1 unspecified atom stereocenters. The van der Waals surface area contributed by atoms with Crippen LogP contribution in [0.15, 0.2) is 18.2 Å². The predicted octanol–water partition coefficient (Wildman–Crippen LogP) is 2.13. The van der Waals surface area contributed by atoms with Gasteiger partial charge in [0.05, 0.1) is 0 Å². The molecular weight excluding hydrogens is 219 g/mol. The van der Waals surface area contributed by atoms with Crippen LogP contribution < -0.4 is 11.1 Å². The fourth-order valence-corrected chi connectivity index (χ4v) is 2.26. The van der Waals surface area contributed by atoms with Crippen molar-refractivity contribution < 1.29 is 9.18 Å². The van der Waals surface area contributed by atoms with Crippen molar-refractivity contribution in [1.29, 1.82) is 0 Å². The van der Waals surface area contributed by atoms with E-state index in [1.807, 2.05) is 0 Å². The molecule has 0 aliphatic carbocycles. The van der Waals surface area contributed by atoms with Crippen LogP contribution in [0.1, 0.15) is 47.6 Å². The van der Waals surface area contributed by atoms with E-state index in [-0.39, 0.29) is 11.9 Å². The van der Waals surface area contributed by atoms with Crippen LogP contribution in [0.2, 0.25) is 0 Å². The topological polar surface area (TPSA) is 55.1 Å². The summed E-state index contributed by atoms with van der Waals surface area (Å²) in [5.74, 6) is -0.783. The summed E-state index contributed by atoms with van der Waals surface area (Å²) in [6.07, 6.45) is 4.27. The highest BCUT2D eigenvalue weighted by Crippen LogP contribution is 2.25. The maximum atomic E-state index is 13.8. The van der Waals surface area contributed by atoms with Crippen LogP contribution in [0.25, 0.3) is 0 Å². The summed E-state index contributed by atoms with van der Waals surface area (Å²) in [5.41, 5.74) is 6.14. The van der Waals surface area contributed by atoms with E-state index in [0.717, 1.165) is 25.8 Å². The van der Waals surface area contributed by atoms with E-state index >= 15 is 0 Å². The lowest BCUT2D eigenvalue weighted by molar-refractivity contribution is 0.1000. The minimum Gasteiger partial charge on any atom is -0.366 e. The zero-order valence-electron chi connectivity index (χ0n) is 9.71. The quantitative estimate of drug-likeness (QED) is 0.826. The molecule has 3 nitrogen and oxygen atoms in total. The molecule has 0 aromatic heterocycles. The zero-order chi connectivity index (χ0) is 12.3. The highest BCUT2D eigenvalue weighted by atomic mass is 19.1. The Hall–Kier alpha value is -1.42. The molecule has 1 heterocycles. The van der Waals surface area contributed by atoms with Crippen LogP contribution in [0, 0.1) is 5.82 Å². The maximum Gasteiger partial charge on any atom is 0.248 e. The first-order valence-electron chi connectivity index (χ1n) is 6.01.